The molecule has 3 aromatic heterocycles. The molecular formula is C34H27F3N6O3. The van der Waals surface area contributed by atoms with E-state index in [2.05, 4.69) is 26.1 Å². The van der Waals surface area contributed by atoms with Gasteiger partial charge in [0.1, 0.15) is 46.9 Å². The summed E-state index contributed by atoms with van der Waals surface area (Å²) in [6, 6.07) is 8.60. The van der Waals surface area contributed by atoms with Crippen molar-refractivity contribution in [3.05, 3.63) is 65.5 Å². The van der Waals surface area contributed by atoms with Crippen molar-refractivity contribution in [1.29, 1.82) is 0 Å². The van der Waals surface area contributed by atoms with E-state index in [1.165, 1.54) is 30.5 Å². The minimum Gasteiger partial charge on any atom is -0.508 e. The first-order valence-electron chi connectivity index (χ1n) is 15.0. The summed E-state index contributed by atoms with van der Waals surface area (Å²) in [6.07, 6.45) is 8.11. The van der Waals surface area contributed by atoms with Crippen LogP contribution in [0.15, 0.2) is 42.6 Å². The summed E-state index contributed by atoms with van der Waals surface area (Å²) < 4.78 is 54.0. The van der Waals surface area contributed by atoms with Crippen LogP contribution >= 0.6 is 0 Å². The van der Waals surface area contributed by atoms with Crippen LogP contribution in [0.1, 0.15) is 35.3 Å². The Balaban J connectivity index is 1.33. The Bertz CT molecular complexity index is 2140. The number of fused-ring (bicyclic) bond motifs is 4. The van der Waals surface area contributed by atoms with Gasteiger partial charge in [0.05, 0.1) is 16.8 Å². The molecule has 6 heterocycles. The van der Waals surface area contributed by atoms with Gasteiger partial charge in [0.2, 0.25) is 0 Å². The molecule has 5 aromatic rings. The van der Waals surface area contributed by atoms with Crippen molar-refractivity contribution < 1.29 is 27.8 Å². The Kier molecular flexibility index (Phi) is 6.44. The van der Waals surface area contributed by atoms with Crippen LogP contribution in [0.4, 0.5) is 13.2 Å². The van der Waals surface area contributed by atoms with Gasteiger partial charge < -0.3 is 19.7 Å². The van der Waals surface area contributed by atoms with Gasteiger partial charge in [-0.15, -0.1) is 6.42 Å². The van der Waals surface area contributed by atoms with Crippen LogP contribution in [0, 0.1) is 24.0 Å². The van der Waals surface area contributed by atoms with Crippen LogP contribution in [0.5, 0.6) is 11.8 Å². The van der Waals surface area contributed by atoms with Crippen LogP contribution in [-0.4, -0.2) is 73.4 Å². The molecule has 9 nitrogen and oxygen atoms in total. The number of hydrogen-bond acceptors (Lipinski definition) is 7. The van der Waals surface area contributed by atoms with E-state index in [-0.39, 0.29) is 57.4 Å². The molecule has 0 unspecified atom stereocenters. The summed E-state index contributed by atoms with van der Waals surface area (Å²) in [4.78, 5) is 28.3. The number of hydrogen-bond donors (Lipinski definition) is 2. The van der Waals surface area contributed by atoms with Gasteiger partial charge in [-0.05, 0) is 55.1 Å². The van der Waals surface area contributed by atoms with E-state index in [0.29, 0.717) is 48.5 Å². The molecule has 2 fully saturated rings. The van der Waals surface area contributed by atoms with E-state index in [1.807, 2.05) is 0 Å². The molecule has 0 saturated carbocycles. The van der Waals surface area contributed by atoms with E-state index in [4.69, 9.17) is 16.1 Å². The Morgan fingerprint density at radius 2 is 1.98 bits per heavy atom. The number of phenolic OH excluding ortho intramolecular Hbond substituents is 1. The number of pyridine rings is 1. The number of phenols is 1. The fraction of sp³-hybridized carbons (Fsp3) is 0.294. The second kappa shape index (κ2) is 10.5. The summed E-state index contributed by atoms with van der Waals surface area (Å²) in [5, 5.41) is 14.2. The molecule has 0 radical (unpaired) electrons. The number of carbonyl (C=O) groups excluding carboxylic acids is 1. The number of alkyl halides is 1. The standard InChI is InChI=1S/C34H27F3N6O3/c1-2-21-24(36)5-4-18-12-20(44)13-22(27(18)21)30-28(37)31-23(15-39-30)29(25-6-7-26-32(45)38-9-11-43(25)26)40-33(41-31)46-17-34-8-3-10-42(34)16-19(35)14-34/h1,4-7,12-13,15,19,44H,3,8-11,14,16-17H2,(H,38,45)/t19-,34+/m1/s1. The summed E-state index contributed by atoms with van der Waals surface area (Å²) in [7, 11) is 0. The van der Waals surface area contributed by atoms with Crippen molar-refractivity contribution in [3.63, 3.8) is 0 Å². The zero-order chi connectivity index (χ0) is 31.7. The molecular weight excluding hydrogens is 597 g/mol. The zero-order valence-corrected chi connectivity index (χ0v) is 24.5. The molecule has 8 rings (SSSR count). The van der Waals surface area contributed by atoms with E-state index in [9.17, 15) is 18.7 Å². The summed E-state index contributed by atoms with van der Waals surface area (Å²) in [5.74, 6) is 0.374. The first-order valence-corrected chi connectivity index (χ1v) is 15.0. The molecule has 2 saturated heterocycles. The highest BCUT2D eigenvalue weighted by Crippen LogP contribution is 2.42. The van der Waals surface area contributed by atoms with E-state index < -0.39 is 23.3 Å². The first kappa shape index (κ1) is 28.3. The lowest BCUT2D eigenvalue weighted by atomic mass is 9.95. The third-order valence-corrected chi connectivity index (χ3v) is 9.42. The number of halogens is 3. The molecule has 0 spiro atoms. The number of benzene rings is 2. The molecule has 0 bridgehead atoms. The van der Waals surface area contributed by atoms with Gasteiger partial charge in [-0.25, -0.2) is 13.2 Å². The number of nitrogens with zero attached hydrogens (tertiary/aromatic N) is 5. The minimum absolute atomic E-state index is 0.0849. The van der Waals surface area contributed by atoms with Crippen molar-refractivity contribution >= 4 is 27.6 Å². The topological polar surface area (TPSA) is 105 Å². The fourth-order valence-corrected chi connectivity index (χ4v) is 7.37. The lowest BCUT2D eigenvalue weighted by Crippen LogP contribution is -2.43. The van der Waals surface area contributed by atoms with Gasteiger partial charge in [-0.1, -0.05) is 12.0 Å². The van der Waals surface area contributed by atoms with Crippen molar-refractivity contribution in [1.82, 2.24) is 29.7 Å². The van der Waals surface area contributed by atoms with Gasteiger partial charge in [0.15, 0.2) is 5.82 Å². The lowest BCUT2D eigenvalue weighted by Gasteiger charge is -2.30. The van der Waals surface area contributed by atoms with Crippen LogP contribution in [0.2, 0.25) is 0 Å². The number of rotatable bonds is 5. The molecule has 12 heteroatoms. The minimum atomic E-state index is -0.962. The van der Waals surface area contributed by atoms with Crippen LogP contribution in [0.25, 0.3) is 44.3 Å². The quantitative estimate of drug-likeness (QED) is 0.266. The number of aromatic hydroxyl groups is 1. The van der Waals surface area contributed by atoms with E-state index >= 15 is 4.39 Å². The summed E-state index contributed by atoms with van der Waals surface area (Å²) in [5.41, 5.74) is 0.417. The number of carbonyl (C=O) groups is 1. The highest BCUT2D eigenvalue weighted by Gasteiger charge is 2.49. The number of ether oxygens (including phenoxy) is 1. The van der Waals surface area contributed by atoms with Crippen molar-refractivity contribution in [3.8, 4) is 46.7 Å². The van der Waals surface area contributed by atoms with Crippen molar-refractivity contribution in [2.75, 3.05) is 26.2 Å². The van der Waals surface area contributed by atoms with Crippen LogP contribution in [-0.2, 0) is 6.54 Å². The maximum absolute atomic E-state index is 16.8. The molecule has 1 amide bonds. The molecule has 2 N–H and O–H groups in total. The Morgan fingerprint density at radius 3 is 2.83 bits per heavy atom. The number of aromatic nitrogens is 4. The summed E-state index contributed by atoms with van der Waals surface area (Å²) in [6.45, 7) is 2.10. The molecule has 232 valence electrons. The second-order valence-corrected chi connectivity index (χ2v) is 12.1. The third-order valence-electron chi connectivity index (χ3n) is 9.42. The van der Waals surface area contributed by atoms with Crippen LogP contribution in [0.3, 0.4) is 0 Å². The molecule has 0 aliphatic carbocycles. The van der Waals surface area contributed by atoms with Gasteiger partial charge in [0.25, 0.3) is 5.91 Å². The highest BCUT2D eigenvalue weighted by atomic mass is 19.1. The molecule has 2 atom stereocenters. The van der Waals surface area contributed by atoms with Gasteiger partial charge in [0, 0.05) is 48.6 Å². The fourth-order valence-electron chi connectivity index (χ4n) is 7.37. The third kappa shape index (κ3) is 4.29. The largest absolute Gasteiger partial charge is 0.508 e. The average Bonchev–Trinajstić information content (AvgIpc) is 3.73. The summed E-state index contributed by atoms with van der Waals surface area (Å²) >= 11 is 0. The maximum Gasteiger partial charge on any atom is 0.317 e. The molecule has 3 aliphatic rings. The maximum atomic E-state index is 16.8. The first-order chi connectivity index (χ1) is 22.3. The Morgan fingerprint density at radius 1 is 1.13 bits per heavy atom. The van der Waals surface area contributed by atoms with E-state index in [1.54, 1.807) is 16.7 Å². The molecule has 2 aromatic carbocycles. The van der Waals surface area contributed by atoms with Crippen molar-refractivity contribution in [2.24, 2.45) is 0 Å². The SMILES string of the molecule is C#Cc1c(F)ccc2cc(O)cc(-c3ncc4c(-c5ccc6n5CCNC6=O)nc(OC[C@@]56CCCN5C[C@H](F)C6)nc4c3F)c12. The Hall–Kier alpha value is -5.15. The van der Waals surface area contributed by atoms with Gasteiger partial charge >= 0.3 is 6.01 Å². The lowest BCUT2D eigenvalue weighted by molar-refractivity contribution is 0.0928. The Labute approximate surface area is 261 Å². The van der Waals surface area contributed by atoms with Crippen molar-refractivity contribution in [2.45, 2.75) is 37.5 Å². The predicted octanol–water partition coefficient (Wildman–Crippen LogP) is 4.98. The molecule has 46 heavy (non-hydrogen) atoms. The zero-order valence-electron chi connectivity index (χ0n) is 24.5. The second-order valence-electron chi connectivity index (χ2n) is 12.1. The number of amides is 1. The monoisotopic (exact) mass is 624 g/mol. The highest BCUT2D eigenvalue weighted by molar-refractivity contribution is 6.03. The smallest absolute Gasteiger partial charge is 0.317 e. The van der Waals surface area contributed by atoms with Crippen LogP contribution < -0.4 is 10.1 Å². The predicted molar refractivity (Wildman–Crippen MR) is 164 cm³/mol. The van der Waals surface area contributed by atoms with E-state index in [0.717, 1.165) is 19.4 Å². The normalized spacial score (nSPS) is 20.9. The number of terminal acetylenes is 1. The molecule has 3 aliphatic heterocycles. The van der Waals surface area contributed by atoms with Gasteiger partial charge in [-0.3, -0.25) is 14.7 Å². The number of nitrogens with one attached hydrogen (secondary N) is 1. The average molecular weight is 625 g/mol. The van der Waals surface area contributed by atoms with Gasteiger partial charge in [-0.2, -0.15) is 9.97 Å².